The van der Waals surface area contributed by atoms with Crippen LogP contribution in [0.4, 0.5) is 24.9 Å². The van der Waals surface area contributed by atoms with Crippen LogP contribution in [0.15, 0.2) is 41.7 Å². The molecule has 188 valence electrons. The highest BCUT2D eigenvalue weighted by molar-refractivity contribution is 5.95. The van der Waals surface area contributed by atoms with Crippen molar-refractivity contribution in [3.05, 3.63) is 42.2 Å². The molecule has 4 N–H and O–H groups in total. The van der Waals surface area contributed by atoms with Gasteiger partial charge in [0.15, 0.2) is 5.96 Å². The number of aryl methyl sites for hydroxylation is 1. The van der Waals surface area contributed by atoms with E-state index in [4.69, 9.17) is 25.4 Å². The van der Waals surface area contributed by atoms with Crippen LogP contribution in [-0.4, -0.2) is 70.6 Å². The number of hydrogen-bond acceptors (Lipinski definition) is 6. The first-order valence-corrected chi connectivity index (χ1v) is 10.7. The molecule has 35 heavy (non-hydrogen) atoms. The number of anilines is 2. The van der Waals surface area contributed by atoms with Crippen molar-refractivity contribution in [1.29, 1.82) is 0 Å². The van der Waals surface area contributed by atoms with Crippen molar-refractivity contribution in [2.24, 2.45) is 10.7 Å². The highest BCUT2D eigenvalue weighted by atomic mass is 19.4. The number of carboxylic acids is 1. The Labute approximate surface area is 199 Å². The van der Waals surface area contributed by atoms with E-state index in [9.17, 15) is 13.2 Å². The molecule has 0 radical (unpaired) electrons. The lowest BCUT2D eigenvalue weighted by Crippen LogP contribution is -2.37. The molecule has 13 heteroatoms. The number of alkyl halides is 3. The molecule has 1 aromatic carbocycles. The molecule has 0 unspecified atom stereocenters. The molecule has 0 atom stereocenters. The second-order valence-electron chi connectivity index (χ2n) is 7.56. The van der Waals surface area contributed by atoms with E-state index >= 15 is 0 Å². The SMILES string of the molecule is CCN=C(N)Nc1nc(N2CCOCC2)c2cn(-c3ccc(C)cc3)cc2n1.O=C(O)C(F)(F)F. The normalized spacial score (nSPS) is 14.4. The van der Waals surface area contributed by atoms with Gasteiger partial charge in [-0.25, -0.2) is 9.78 Å². The fourth-order valence-electron chi connectivity index (χ4n) is 3.27. The van der Waals surface area contributed by atoms with Gasteiger partial charge in [-0.1, -0.05) is 17.7 Å². The minimum Gasteiger partial charge on any atom is -0.475 e. The number of benzene rings is 1. The van der Waals surface area contributed by atoms with Gasteiger partial charge in [-0.2, -0.15) is 18.2 Å². The zero-order chi connectivity index (χ0) is 25.6. The van der Waals surface area contributed by atoms with Crippen LogP contribution in [0.25, 0.3) is 16.6 Å². The van der Waals surface area contributed by atoms with Gasteiger partial charge in [0, 0.05) is 37.7 Å². The van der Waals surface area contributed by atoms with E-state index in [1.807, 2.05) is 13.1 Å². The van der Waals surface area contributed by atoms with Crippen LogP contribution in [0, 0.1) is 6.92 Å². The number of guanidine groups is 1. The number of nitrogens with two attached hydrogens (primary N) is 1. The molecule has 3 heterocycles. The molecule has 0 bridgehead atoms. The highest BCUT2D eigenvalue weighted by Gasteiger charge is 2.38. The predicted octanol–water partition coefficient (Wildman–Crippen LogP) is 2.95. The van der Waals surface area contributed by atoms with E-state index in [1.165, 1.54) is 5.56 Å². The van der Waals surface area contributed by atoms with Crippen LogP contribution < -0.4 is 16.0 Å². The number of rotatable bonds is 4. The van der Waals surface area contributed by atoms with Crippen LogP contribution >= 0.6 is 0 Å². The number of aliphatic imine (C=N–C) groups is 1. The summed E-state index contributed by atoms with van der Waals surface area (Å²) in [5.41, 5.74) is 9.08. The molecule has 4 rings (SSSR count). The molecule has 2 aromatic heterocycles. The number of aromatic nitrogens is 3. The van der Waals surface area contributed by atoms with E-state index in [2.05, 4.69) is 62.1 Å². The van der Waals surface area contributed by atoms with Crippen LogP contribution in [0.1, 0.15) is 12.5 Å². The number of hydrogen-bond donors (Lipinski definition) is 3. The Bertz CT molecular complexity index is 1190. The molecule has 1 aliphatic heterocycles. The van der Waals surface area contributed by atoms with Crippen molar-refractivity contribution in [3.8, 4) is 5.69 Å². The maximum Gasteiger partial charge on any atom is 0.490 e. The minimum atomic E-state index is -5.08. The van der Waals surface area contributed by atoms with E-state index in [0.717, 1.165) is 35.5 Å². The Hall–Kier alpha value is -3.87. The van der Waals surface area contributed by atoms with Gasteiger partial charge in [0.2, 0.25) is 5.95 Å². The summed E-state index contributed by atoms with van der Waals surface area (Å²) < 4.78 is 39.3. The molecule has 0 saturated carbocycles. The third kappa shape index (κ3) is 6.82. The Morgan fingerprint density at radius 3 is 2.40 bits per heavy atom. The van der Waals surface area contributed by atoms with Crippen molar-refractivity contribution in [2.75, 3.05) is 43.1 Å². The van der Waals surface area contributed by atoms with Crippen LogP contribution in [0.5, 0.6) is 0 Å². The van der Waals surface area contributed by atoms with E-state index in [1.54, 1.807) is 0 Å². The van der Waals surface area contributed by atoms with Crippen LogP contribution in [0.2, 0.25) is 0 Å². The van der Waals surface area contributed by atoms with Crippen molar-refractivity contribution >= 4 is 34.6 Å². The summed E-state index contributed by atoms with van der Waals surface area (Å²) in [5, 5.41) is 11.1. The summed E-state index contributed by atoms with van der Waals surface area (Å²) in [6.07, 6.45) is -0.984. The second kappa shape index (κ2) is 11.0. The average Bonchev–Trinajstić information content (AvgIpc) is 3.23. The van der Waals surface area contributed by atoms with Gasteiger partial charge in [0.25, 0.3) is 0 Å². The van der Waals surface area contributed by atoms with Crippen molar-refractivity contribution < 1.29 is 27.8 Å². The molecular formula is C22H26F3N7O3. The maximum atomic E-state index is 10.6. The van der Waals surface area contributed by atoms with Crippen LogP contribution in [0.3, 0.4) is 0 Å². The standard InChI is InChI=1S/C20H25N7O.C2HF3O2/c1-3-22-19(21)25-20-23-17-13-27(15-6-4-14(2)5-7-15)12-16(17)18(24-20)26-8-10-28-11-9-26;3-2(4,5)1(6)7/h4-7,12-13H,3,8-11H2,1-2H3,(H3,21,22,23,25);(H,6,7). The number of ether oxygens (including phenoxy) is 1. The molecule has 1 fully saturated rings. The monoisotopic (exact) mass is 493 g/mol. The number of halogens is 3. The van der Waals surface area contributed by atoms with E-state index in [0.29, 0.717) is 31.7 Å². The van der Waals surface area contributed by atoms with E-state index < -0.39 is 12.1 Å². The zero-order valence-electron chi connectivity index (χ0n) is 19.2. The van der Waals surface area contributed by atoms with Gasteiger partial charge >= 0.3 is 12.1 Å². The lowest BCUT2D eigenvalue weighted by atomic mass is 10.2. The first-order chi connectivity index (χ1) is 16.6. The van der Waals surface area contributed by atoms with E-state index in [-0.39, 0.29) is 0 Å². The quantitative estimate of drug-likeness (QED) is 0.374. The lowest BCUT2D eigenvalue weighted by Gasteiger charge is -2.28. The number of morpholine rings is 1. The maximum absolute atomic E-state index is 10.6. The van der Waals surface area contributed by atoms with Crippen LogP contribution in [-0.2, 0) is 9.53 Å². The third-order valence-electron chi connectivity index (χ3n) is 4.94. The molecule has 0 spiro atoms. The number of nitrogens with zero attached hydrogens (tertiary/aromatic N) is 5. The van der Waals surface area contributed by atoms with Gasteiger partial charge < -0.3 is 25.0 Å². The first-order valence-electron chi connectivity index (χ1n) is 10.7. The summed E-state index contributed by atoms with van der Waals surface area (Å²) in [4.78, 5) is 24.7. The van der Waals surface area contributed by atoms with Gasteiger partial charge in [0.1, 0.15) is 5.82 Å². The number of nitrogens with one attached hydrogen (secondary N) is 1. The number of aliphatic carboxylic acids is 1. The Morgan fingerprint density at radius 1 is 1.20 bits per heavy atom. The topological polar surface area (TPSA) is 131 Å². The summed E-state index contributed by atoms with van der Waals surface area (Å²) in [6, 6.07) is 8.40. The van der Waals surface area contributed by atoms with Gasteiger partial charge in [-0.15, -0.1) is 0 Å². The Morgan fingerprint density at radius 2 is 1.83 bits per heavy atom. The molecule has 3 aromatic rings. The van der Waals surface area contributed by atoms with Crippen molar-refractivity contribution in [2.45, 2.75) is 20.0 Å². The second-order valence-corrected chi connectivity index (χ2v) is 7.56. The predicted molar refractivity (Wildman–Crippen MR) is 126 cm³/mol. The molecule has 10 nitrogen and oxygen atoms in total. The average molecular weight is 493 g/mol. The number of carboxylic acid groups (broad SMARTS) is 1. The minimum absolute atomic E-state index is 0.313. The summed E-state index contributed by atoms with van der Waals surface area (Å²) in [5.74, 6) is -1.11. The summed E-state index contributed by atoms with van der Waals surface area (Å²) in [6.45, 7) is 7.57. The molecule has 0 amide bonds. The fourth-order valence-corrected chi connectivity index (χ4v) is 3.27. The molecule has 1 aliphatic rings. The van der Waals surface area contributed by atoms with Gasteiger partial charge in [-0.3, -0.25) is 10.3 Å². The largest absolute Gasteiger partial charge is 0.490 e. The summed E-state index contributed by atoms with van der Waals surface area (Å²) in [7, 11) is 0. The first kappa shape index (κ1) is 25.7. The zero-order valence-corrected chi connectivity index (χ0v) is 19.2. The van der Waals surface area contributed by atoms with Gasteiger partial charge in [-0.05, 0) is 26.0 Å². The van der Waals surface area contributed by atoms with Crippen molar-refractivity contribution in [3.63, 3.8) is 0 Å². The third-order valence-corrected chi connectivity index (χ3v) is 4.94. The van der Waals surface area contributed by atoms with Gasteiger partial charge in [0.05, 0.1) is 24.1 Å². The Balaban J connectivity index is 0.000000429. The number of fused-ring (bicyclic) bond motifs is 1. The number of carbonyl (C=O) groups is 1. The van der Waals surface area contributed by atoms with Crippen molar-refractivity contribution in [1.82, 2.24) is 14.5 Å². The molecule has 0 aliphatic carbocycles. The Kier molecular flexibility index (Phi) is 8.12. The highest BCUT2D eigenvalue weighted by Crippen LogP contribution is 2.28. The smallest absolute Gasteiger partial charge is 0.475 e. The lowest BCUT2D eigenvalue weighted by molar-refractivity contribution is -0.192. The molecule has 1 saturated heterocycles. The summed E-state index contributed by atoms with van der Waals surface area (Å²) >= 11 is 0. The fraction of sp³-hybridized carbons (Fsp3) is 0.364. The molecular weight excluding hydrogens is 467 g/mol.